The van der Waals surface area contributed by atoms with Gasteiger partial charge < -0.3 is 157 Å². The summed E-state index contributed by atoms with van der Waals surface area (Å²) in [6.07, 6.45) is -88.6. The minimum Gasteiger partial charge on any atom is -0.387 e. The molecule has 0 saturated carbocycles. The van der Waals surface area contributed by atoms with Crippen molar-refractivity contribution in [1.29, 1.82) is 0 Å². The van der Waals surface area contributed by atoms with E-state index in [1.54, 1.807) is 0 Å². The summed E-state index contributed by atoms with van der Waals surface area (Å²) in [5, 5.41) is 198. The van der Waals surface area contributed by atoms with Crippen molar-refractivity contribution >= 4 is 175 Å². The van der Waals surface area contributed by atoms with Crippen LogP contribution in [0.5, 0.6) is 0 Å². The number of rotatable bonds is 48. The van der Waals surface area contributed by atoms with Crippen molar-refractivity contribution in [3.05, 3.63) is 0 Å². The van der Waals surface area contributed by atoms with Crippen LogP contribution >= 0.6 is 94.1 Å². The molecule has 0 unspecified atom stereocenters. The van der Waals surface area contributed by atoms with Gasteiger partial charge in [0.25, 0.3) is 80.9 Å². The molecule has 24 N–H and O–H groups in total. The Morgan fingerprint density at radius 2 is 0.236 bits per heavy atom. The van der Waals surface area contributed by atoms with Crippen molar-refractivity contribution < 1.29 is 261 Å². The second kappa shape index (κ2) is 58.0. The number of ether oxygens (including phenoxy) is 16. The zero-order chi connectivity index (χ0) is 107. The normalized spacial score (nSPS) is 39.4. The maximum Gasteiger partial charge on any atom is 0.264 e. The molecular weight excluding hydrogens is 2270 g/mol. The smallest absolute Gasteiger partial charge is 0.264 e. The second-order valence-electron chi connectivity index (χ2n) is 34.7. The van der Waals surface area contributed by atoms with Crippen molar-refractivity contribution in [2.45, 2.75) is 297 Å². The predicted octanol–water partition coefficient (Wildman–Crippen LogP) is -9.26. The van der Waals surface area contributed by atoms with Crippen LogP contribution in [0.25, 0.3) is 0 Å². The first-order valence-electron chi connectivity index (χ1n) is 44.7. The van der Waals surface area contributed by atoms with Gasteiger partial charge in [-0.25, -0.2) is 0 Å². The monoisotopic (exact) mass is 2400 g/mol. The first kappa shape index (κ1) is 128. The first-order valence-corrected chi connectivity index (χ1v) is 66.8. The highest BCUT2D eigenvalue weighted by Crippen LogP contribution is 2.43. The number of hydrogen-bond acceptors (Lipinski definition) is 56. The third-order valence-electron chi connectivity index (χ3n) is 23.2. The summed E-state index contributed by atoms with van der Waals surface area (Å²) in [6.45, 7) is 0. The second-order valence-corrected chi connectivity index (χ2v) is 56.5. The van der Waals surface area contributed by atoms with Crippen molar-refractivity contribution in [1.82, 2.24) is 0 Å². The van der Waals surface area contributed by atoms with Gasteiger partial charge in [0.05, 0.1) is 94.9 Å². The van der Waals surface area contributed by atoms with E-state index < -0.39 is 419 Å². The quantitative estimate of drug-likeness (QED) is 0.0199. The molecule has 72 heteroatoms. The van der Waals surface area contributed by atoms with Gasteiger partial charge in [0.2, 0.25) is 0 Å². The van der Waals surface area contributed by atoms with Crippen LogP contribution in [-0.4, -0.2) is 569 Å². The molecule has 30 rings (SSSR count). The molecule has 848 valence electrons. The lowest BCUT2D eigenvalue weighted by molar-refractivity contribution is -0.396. The van der Waals surface area contributed by atoms with E-state index in [0.717, 1.165) is 94.1 Å². The van der Waals surface area contributed by atoms with Gasteiger partial charge in [-0.3, -0.25) is 36.4 Å². The third-order valence-corrected chi connectivity index (χ3v) is 38.8. The van der Waals surface area contributed by atoms with Gasteiger partial charge in [0.15, 0.2) is 50.3 Å². The molecule has 0 aromatic carbocycles. The first-order chi connectivity index (χ1) is 67.1. The molecule has 0 radical (unpaired) electrons. The third kappa shape index (κ3) is 40.9. The van der Waals surface area contributed by atoms with Gasteiger partial charge in [0, 0.05) is 46.0 Å². The standard InChI is InChI=1S/C72H128O56S16/c73-41-49(81)65-113-33(25-129-9-1-17-137(89,90)91)57(41)121-66-50(82)42(74)59(35(114-66)27-131-11-3-19-139(95,96)97)123-68-52(84)44(76)61(37(116-68)29-133-13-5-21-141(101,102)103)125-70-54(86)46(78)63(39(118-70)31-135-15-7-23-143(107,108)109)127-72-56(88)48(80)64(40(120-72)32-136-16-8-24-144(110,111)112)128-71-55(87)47(79)62(38(119-71)30-134-14-6-22-142(104,105)106)126-69-53(85)45(77)60(36(117-69)28-132-12-4-20-140(98,99)100)124-67-51(83)43(75)58(122-65)34(115-67)26-130-10-2-18-138(92,93)94/h33-88H,1-32H2,(H,89,90,91)(H,92,93,94)(H,95,96,97)(H,98,99,100)(H,101,102,103)(H,104,105,106)(H,107,108,109)(H,110,111,112)/t33-,34-,35-,36-,37-,38+,39+,40+,41-,42-,43-,44-,45-,46-,47-,48-,49-,50-,51+,52-,53-,54-,55-,56-,57-,58-,59-,60-,61-,62-,63-,64-,65-,66-,67-,68-,69-,70-,71-,72-/m1/s1. The average molecular weight is 2400 g/mol. The van der Waals surface area contributed by atoms with E-state index >= 15 is 0 Å². The summed E-state index contributed by atoms with van der Waals surface area (Å²) in [5.41, 5.74) is 0. The SMILES string of the molecule is O=S(=O)(O)CCCSC[C@@H]1O[C@@H]2O[C@H]3[C@H](O)[C@@H](O)[C@@H](O[C@H]4[C@H](O)[C@@H](O)[C@@H](O[C@H]5[C@H](O)[C@@H](O)[C@@H](O[C@H]6[C@H](O)[C@@H](O)[C@@H](O[C@H]7[C@H](O)[C@H](O)[C@@H](O[C@H]8[C@H](O)[C@@H](O)[C@@H](O[C@H]9[C@H](O)[C@@H](O)[C@@H](O[C@H]1[C@H](O)[C@H]2O)O[C@H]9CSCCCS(=O)(=O)O)O[C@@H]8CSCCCS(=O)(=O)O)O[C@@H]7CSCCCS(=O)(=O)O)O[C@@H]6CSCCCS(=O)(=O)O)O[C@@H]5CSCCCS(=O)(=O)O)O[C@@H]4CSCCCS(=O)(=O)O)O[C@H]3CSCCCS(=O)(=O)O. The molecule has 56 nitrogen and oxygen atoms in total. The van der Waals surface area contributed by atoms with E-state index in [0.29, 0.717) is 0 Å². The fraction of sp³-hybridized carbons (Fsp3) is 1.00. The topological polar surface area (TPSA) is 906 Å². The summed E-state index contributed by atoms with van der Waals surface area (Å²) in [5.74, 6) is -11.4. The van der Waals surface area contributed by atoms with E-state index in [2.05, 4.69) is 0 Å². The molecule has 0 spiro atoms. The van der Waals surface area contributed by atoms with E-state index in [-0.39, 0.29) is 97.4 Å². The van der Waals surface area contributed by atoms with Gasteiger partial charge >= 0.3 is 0 Å². The fourth-order valence-electron chi connectivity index (χ4n) is 16.1. The number of aliphatic hydroxyl groups excluding tert-OH is 16. The molecule has 40 atom stereocenters. The Labute approximate surface area is 864 Å². The van der Waals surface area contributed by atoms with E-state index in [4.69, 9.17) is 75.8 Å². The Morgan fingerprint density at radius 3 is 0.319 bits per heavy atom. The van der Waals surface area contributed by atoms with Crippen LogP contribution in [0, 0.1) is 0 Å². The van der Waals surface area contributed by atoms with Crippen LogP contribution in [0.1, 0.15) is 51.4 Å². The lowest BCUT2D eigenvalue weighted by Crippen LogP contribution is -2.69. The van der Waals surface area contributed by atoms with Crippen LogP contribution in [0.15, 0.2) is 0 Å². The summed E-state index contributed by atoms with van der Waals surface area (Å²) in [4.78, 5) is 0. The maximum absolute atomic E-state index is 12.4. The Kier molecular flexibility index (Phi) is 51.7. The van der Waals surface area contributed by atoms with Crippen LogP contribution in [0.2, 0.25) is 0 Å². The van der Waals surface area contributed by atoms with E-state index in [9.17, 15) is 185 Å². The molecule has 144 heavy (non-hydrogen) atoms. The molecule has 30 heterocycles. The zero-order valence-corrected chi connectivity index (χ0v) is 89.1. The van der Waals surface area contributed by atoms with Crippen molar-refractivity contribution in [2.75, 3.05) is 138 Å². The van der Waals surface area contributed by atoms with Crippen molar-refractivity contribution in [3.8, 4) is 0 Å². The van der Waals surface area contributed by atoms with Gasteiger partial charge in [-0.15, -0.1) is 0 Å². The summed E-state index contributed by atoms with van der Waals surface area (Å²) in [6, 6.07) is 0. The minimum atomic E-state index is -4.60. The van der Waals surface area contributed by atoms with Crippen molar-refractivity contribution in [2.24, 2.45) is 0 Å². The maximum atomic E-state index is 12.4. The largest absolute Gasteiger partial charge is 0.387 e. The minimum absolute atomic E-state index is 0.156. The van der Waals surface area contributed by atoms with Gasteiger partial charge in [-0.2, -0.15) is 161 Å². The molecule has 30 aliphatic rings. The highest BCUT2D eigenvalue weighted by Gasteiger charge is 2.61. The van der Waals surface area contributed by atoms with Crippen LogP contribution in [0.3, 0.4) is 0 Å². The molecule has 0 amide bonds. The fourth-order valence-corrected chi connectivity index (χ4v) is 29.8. The van der Waals surface area contributed by atoms with Gasteiger partial charge in [0.1, 0.15) is 146 Å². The van der Waals surface area contributed by atoms with Crippen molar-refractivity contribution in [3.63, 3.8) is 0 Å². The molecule has 30 saturated heterocycles. The van der Waals surface area contributed by atoms with Gasteiger partial charge in [-0.05, 0) is 97.4 Å². The molecule has 0 aromatic heterocycles. The molecule has 30 fully saturated rings. The predicted molar refractivity (Wildman–Crippen MR) is 511 cm³/mol. The average Bonchev–Trinajstić information content (AvgIpc) is 0.765. The lowest BCUT2D eigenvalue weighted by atomic mass is 9.95. The highest BCUT2D eigenvalue weighted by molar-refractivity contribution is 8.01. The number of hydrogen-bond donors (Lipinski definition) is 24. The van der Waals surface area contributed by atoms with Crippen LogP contribution in [-0.2, 0) is 157 Å². The number of aliphatic hydroxyl groups is 16. The number of thioether (sulfide) groups is 8. The molecule has 0 aliphatic carbocycles. The molecule has 30 aliphatic heterocycles. The summed E-state index contributed by atoms with van der Waals surface area (Å²) < 4.78 is 368. The van der Waals surface area contributed by atoms with E-state index in [1.165, 1.54) is 0 Å². The van der Waals surface area contributed by atoms with Crippen LogP contribution in [0.4, 0.5) is 0 Å². The molecule has 16 bridgehead atoms. The Balaban J connectivity index is 1.15. The van der Waals surface area contributed by atoms with Gasteiger partial charge in [-0.1, -0.05) is 0 Å². The molecule has 0 aromatic rings. The highest BCUT2D eigenvalue weighted by atomic mass is 32.3. The molecular formula is C72H128O56S16. The summed E-state index contributed by atoms with van der Waals surface area (Å²) in [7, 11) is -36.8. The summed E-state index contributed by atoms with van der Waals surface area (Å²) >= 11 is 6.77. The Hall–Kier alpha value is 0.800. The Morgan fingerprint density at radius 1 is 0.146 bits per heavy atom. The zero-order valence-electron chi connectivity index (χ0n) is 76.1. The van der Waals surface area contributed by atoms with Crippen LogP contribution < -0.4 is 0 Å². The lowest BCUT2D eigenvalue weighted by Gasteiger charge is -2.51. The van der Waals surface area contributed by atoms with E-state index in [1.807, 2.05) is 0 Å². The Bertz CT molecular complexity index is 3960.